The molecule has 156 valence electrons. The zero-order chi connectivity index (χ0) is 21.3. The summed E-state index contributed by atoms with van der Waals surface area (Å²) >= 11 is 0. The average molecular weight is 426 g/mol. The van der Waals surface area contributed by atoms with Gasteiger partial charge < -0.3 is 10.1 Å². The highest BCUT2D eigenvalue weighted by atomic mass is 32.2. The van der Waals surface area contributed by atoms with Crippen molar-refractivity contribution in [2.24, 2.45) is 0 Å². The number of rotatable bonds is 6. The Bertz CT molecular complexity index is 1200. The summed E-state index contributed by atoms with van der Waals surface area (Å²) in [5.74, 6) is -0.263. The van der Waals surface area contributed by atoms with Gasteiger partial charge in [-0.2, -0.15) is 0 Å². The molecule has 2 aromatic carbocycles. The maximum Gasteiger partial charge on any atom is 0.407 e. The summed E-state index contributed by atoms with van der Waals surface area (Å²) in [5.41, 5.74) is 2.00. The Morgan fingerprint density at radius 2 is 1.90 bits per heavy atom. The van der Waals surface area contributed by atoms with Crippen LogP contribution in [-0.2, 0) is 16.3 Å². The highest BCUT2D eigenvalue weighted by Gasteiger charge is 2.35. The summed E-state index contributed by atoms with van der Waals surface area (Å²) < 4.78 is 25.1. The van der Waals surface area contributed by atoms with Gasteiger partial charge in [-0.25, -0.2) is 13.2 Å². The fraction of sp³-hybridized carbons (Fsp3) is 0.273. The van der Waals surface area contributed by atoms with Crippen molar-refractivity contribution in [1.82, 2.24) is 9.88 Å². The Morgan fingerprint density at radius 1 is 1.13 bits per heavy atom. The molecule has 3 aromatic rings. The lowest BCUT2D eigenvalue weighted by Crippen LogP contribution is -2.39. The van der Waals surface area contributed by atoms with Crippen LogP contribution < -0.4 is 0 Å². The van der Waals surface area contributed by atoms with Crippen LogP contribution in [0.4, 0.5) is 4.79 Å². The molecule has 1 atom stereocenters. The molecule has 0 radical (unpaired) electrons. The molecule has 0 spiro atoms. The second-order valence-electron chi connectivity index (χ2n) is 7.46. The van der Waals surface area contributed by atoms with Crippen LogP contribution >= 0.6 is 0 Å². The van der Waals surface area contributed by atoms with E-state index in [1.807, 2.05) is 18.2 Å². The summed E-state index contributed by atoms with van der Waals surface area (Å²) in [6.07, 6.45) is 2.00. The SMILES string of the molecule is O=C(c1c[nH]c2ccc(CCS(=O)(=O)c3ccccc3)cc12)C1CCCN1C(=O)O. The number of aromatic amines is 1. The van der Waals surface area contributed by atoms with Gasteiger partial charge in [0.25, 0.3) is 0 Å². The first-order valence-electron chi connectivity index (χ1n) is 9.78. The number of Topliss-reactive ketones (excluding diaryl/α,β-unsaturated/α-hetero) is 1. The zero-order valence-corrected chi connectivity index (χ0v) is 17.1. The molecule has 1 unspecified atom stereocenters. The van der Waals surface area contributed by atoms with E-state index in [0.717, 1.165) is 11.1 Å². The number of sulfone groups is 1. The summed E-state index contributed by atoms with van der Waals surface area (Å²) in [6.45, 7) is 0.358. The second-order valence-corrected chi connectivity index (χ2v) is 9.57. The molecule has 8 heteroatoms. The lowest BCUT2D eigenvalue weighted by molar-refractivity contribution is 0.0846. The number of carbonyl (C=O) groups is 2. The molecule has 2 heterocycles. The Labute approximate surface area is 174 Å². The third-order valence-corrected chi connectivity index (χ3v) is 7.31. The van der Waals surface area contributed by atoms with Crippen molar-refractivity contribution in [3.63, 3.8) is 0 Å². The van der Waals surface area contributed by atoms with Crippen molar-refractivity contribution in [3.8, 4) is 0 Å². The minimum atomic E-state index is -3.40. The monoisotopic (exact) mass is 426 g/mol. The summed E-state index contributed by atoms with van der Waals surface area (Å²) in [4.78, 5) is 29.0. The van der Waals surface area contributed by atoms with Gasteiger partial charge in [-0.1, -0.05) is 24.3 Å². The van der Waals surface area contributed by atoms with Gasteiger partial charge in [0, 0.05) is 29.2 Å². The van der Waals surface area contributed by atoms with Crippen molar-refractivity contribution in [1.29, 1.82) is 0 Å². The van der Waals surface area contributed by atoms with Crippen LogP contribution in [0.1, 0.15) is 28.8 Å². The largest absolute Gasteiger partial charge is 0.465 e. The summed E-state index contributed by atoms with van der Waals surface area (Å²) in [7, 11) is -3.40. The van der Waals surface area contributed by atoms with Gasteiger partial charge in [0.15, 0.2) is 15.6 Å². The van der Waals surface area contributed by atoms with Crippen LogP contribution in [0.2, 0.25) is 0 Å². The van der Waals surface area contributed by atoms with Crippen LogP contribution in [0.3, 0.4) is 0 Å². The Balaban J connectivity index is 1.57. The number of carbonyl (C=O) groups excluding carboxylic acids is 1. The number of H-pyrrole nitrogens is 1. The number of nitrogens with one attached hydrogen (secondary N) is 1. The van der Waals surface area contributed by atoms with Gasteiger partial charge in [-0.3, -0.25) is 9.69 Å². The molecule has 1 aromatic heterocycles. The van der Waals surface area contributed by atoms with Gasteiger partial charge >= 0.3 is 6.09 Å². The van der Waals surface area contributed by atoms with Gasteiger partial charge in [0.1, 0.15) is 0 Å². The Morgan fingerprint density at radius 3 is 2.63 bits per heavy atom. The molecule has 0 saturated carbocycles. The lowest BCUT2D eigenvalue weighted by Gasteiger charge is -2.19. The van der Waals surface area contributed by atoms with Gasteiger partial charge in [-0.05, 0) is 49.1 Å². The number of aromatic nitrogens is 1. The normalized spacial score (nSPS) is 16.8. The molecule has 1 amide bonds. The van der Waals surface area contributed by atoms with Crippen molar-refractivity contribution in [2.45, 2.75) is 30.2 Å². The second kappa shape index (κ2) is 7.95. The molecular weight excluding hydrogens is 404 g/mol. The molecule has 0 bridgehead atoms. The number of fused-ring (bicyclic) bond motifs is 1. The number of ketones is 1. The van der Waals surface area contributed by atoms with Crippen LogP contribution in [0.25, 0.3) is 10.9 Å². The predicted molar refractivity (Wildman–Crippen MR) is 113 cm³/mol. The number of likely N-dealkylation sites (tertiary alicyclic amines) is 1. The average Bonchev–Trinajstić information content (AvgIpc) is 3.39. The number of carboxylic acid groups (broad SMARTS) is 1. The fourth-order valence-electron chi connectivity index (χ4n) is 3.97. The maximum atomic E-state index is 13.0. The van der Waals surface area contributed by atoms with E-state index in [4.69, 9.17) is 0 Å². The predicted octanol–water partition coefficient (Wildman–Crippen LogP) is 3.51. The van der Waals surface area contributed by atoms with Crippen LogP contribution in [0.5, 0.6) is 0 Å². The van der Waals surface area contributed by atoms with Crippen molar-refractivity contribution in [3.05, 3.63) is 65.9 Å². The molecule has 1 aliphatic rings. The highest BCUT2D eigenvalue weighted by Crippen LogP contribution is 2.27. The number of hydrogen-bond acceptors (Lipinski definition) is 4. The van der Waals surface area contributed by atoms with Crippen molar-refractivity contribution < 1.29 is 23.1 Å². The van der Waals surface area contributed by atoms with Crippen LogP contribution in [0, 0.1) is 0 Å². The van der Waals surface area contributed by atoms with Crippen LogP contribution in [-0.4, -0.2) is 53.6 Å². The van der Waals surface area contributed by atoms with E-state index in [1.165, 1.54) is 4.90 Å². The van der Waals surface area contributed by atoms with E-state index >= 15 is 0 Å². The number of hydrogen-bond donors (Lipinski definition) is 2. The Kier molecular flexibility index (Phi) is 5.34. The van der Waals surface area contributed by atoms with E-state index in [1.54, 1.807) is 36.5 Å². The standard InChI is InChI=1S/C22H22N2O5S/c25-21(20-7-4-11-24(20)22(26)27)18-14-23-19-9-8-15(13-17(18)19)10-12-30(28,29)16-5-2-1-3-6-16/h1-3,5-6,8-9,13-14,20,23H,4,7,10-12H2,(H,26,27). The van der Waals surface area contributed by atoms with E-state index in [9.17, 15) is 23.1 Å². The molecule has 1 saturated heterocycles. The van der Waals surface area contributed by atoms with Gasteiger partial charge in [0.05, 0.1) is 16.7 Å². The van der Waals surface area contributed by atoms with Crippen LogP contribution in [0.15, 0.2) is 59.6 Å². The minimum Gasteiger partial charge on any atom is -0.465 e. The molecule has 4 rings (SSSR count). The first-order chi connectivity index (χ1) is 14.4. The van der Waals surface area contributed by atoms with Crippen molar-refractivity contribution >= 4 is 32.6 Å². The molecule has 30 heavy (non-hydrogen) atoms. The number of aryl methyl sites for hydroxylation is 1. The van der Waals surface area contributed by atoms with E-state index in [-0.39, 0.29) is 11.5 Å². The van der Waals surface area contributed by atoms with Gasteiger partial charge in [-0.15, -0.1) is 0 Å². The van der Waals surface area contributed by atoms with E-state index in [2.05, 4.69) is 4.98 Å². The maximum absolute atomic E-state index is 13.0. The first-order valence-corrected chi connectivity index (χ1v) is 11.4. The number of amides is 1. The topological polar surface area (TPSA) is 108 Å². The zero-order valence-electron chi connectivity index (χ0n) is 16.2. The molecule has 1 aliphatic heterocycles. The van der Waals surface area contributed by atoms with E-state index in [0.29, 0.717) is 41.7 Å². The third-order valence-electron chi connectivity index (χ3n) is 5.57. The molecular formula is C22H22N2O5S. The van der Waals surface area contributed by atoms with Gasteiger partial charge in [0.2, 0.25) is 0 Å². The van der Waals surface area contributed by atoms with Crippen molar-refractivity contribution in [2.75, 3.05) is 12.3 Å². The smallest absolute Gasteiger partial charge is 0.407 e. The van der Waals surface area contributed by atoms with E-state index < -0.39 is 22.0 Å². The first kappa shape index (κ1) is 20.2. The summed E-state index contributed by atoms with van der Waals surface area (Å²) in [6, 6.07) is 13.1. The lowest BCUT2D eigenvalue weighted by atomic mass is 10.00. The number of nitrogens with zero attached hydrogens (tertiary/aromatic N) is 1. The summed E-state index contributed by atoms with van der Waals surface area (Å²) in [5, 5.41) is 10.0. The molecule has 0 aliphatic carbocycles. The molecule has 2 N–H and O–H groups in total. The Hall–Kier alpha value is -3.13. The molecule has 1 fully saturated rings. The quantitative estimate of drug-likeness (QED) is 0.587. The third kappa shape index (κ3) is 3.82. The number of benzene rings is 2. The highest BCUT2D eigenvalue weighted by molar-refractivity contribution is 7.91. The molecule has 7 nitrogen and oxygen atoms in total. The fourth-order valence-corrected chi connectivity index (χ4v) is 5.28. The minimum absolute atomic E-state index is 0.0361.